The summed E-state index contributed by atoms with van der Waals surface area (Å²) in [6.45, 7) is 1.96. The Morgan fingerprint density at radius 2 is 2.00 bits per heavy atom. The van der Waals surface area contributed by atoms with E-state index in [1.807, 2.05) is 25.1 Å². The Kier molecular flexibility index (Phi) is 2.43. The summed E-state index contributed by atoms with van der Waals surface area (Å²) in [7, 11) is 0. The van der Waals surface area contributed by atoms with Gasteiger partial charge in [-0.2, -0.15) is 5.26 Å². The summed E-state index contributed by atoms with van der Waals surface area (Å²) < 4.78 is 1.77. The molecule has 5 heteroatoms. The Labute approximate surface area is 109 Å². The van der Waals surface area contributed by atoms with Gasteiger partial charge in [0, 0.05) is 6.20 Å². The molecule has 92 valence electrons. The highest BCUT2D eigenvalue weighted by Crippen LogP contribution is 2.22. The molecule has 19 heavy (non-hydrogen) atoms. The highest BCUT2D eigenvalue weighted by atomic mass is 15.2. The van der Waals surface area contributed by atoms with E-state index in [1.54, 1.807) is 22.9 Å². The highest BCUT2D eigenvalue weighted by molar-refractivity contribution is 5.77. The van der Waals surface area contributed by atoms with E-state index in [1.165, 1.54) is 0 Å². The molecule has 0 aliphatic rings. The zero-order chi connectivity index (χ0) is 13.4. The molecule has 3 rings (SSSR count). The second-order valence-electron chi connectivity index (χ2n) is 4.32. The first-order valence-corrected chi connectivity index (χ1v) is 5.80. The van der Waals surface area contributed by atoms with Crippen molar-refractivity contribution in [2.24, 2.45) is 0 Å². The van der Waals surface area contributed by atoms with Crippen molar-refractivity contribution in [3.63, 3.8) is 0 Å². The van der Waals surface area contributed by atoms with E-state index in [9.17, 15) is 0 Å². The van der Waals surface area contributed by atoms with Gasteiger partial charge in [-0.25, -0.2) is 9.97 Å². The van der Waals surface area contributed by atoms with Crippen LogP contribution >= 0.6 is 0 Å². The minimum atomic E-state index is 0.387. The molecule has 5 nitrogen and oxygen atoms in total. The van der Waals surface area contributed by atoms with E-state index in [2.05, 4.69) is 16.0 Å². The molecular weight excluding hydrogens is 238 g/mol. The molecule has 2 aromatic heterocycles. The van der Waals surface area contributed by atoms with E-state index in [4.69, 9.17) is 11.0 Å². The summed E-state index contributed by atoms with van der Waals surface area (Å²) in [5, 5.41) is 8.81. The number of hydrogen-bond acceptors (Lipinski definition) is 4. The van der Waals surface area contributed by atoms with E-state index in [0.717, 1.165) is 16.8 Å². The van der Waals surface area contributed by atoms with Crippen molar-refractivity contribution < 1.29 is 0 Å². The number of imidazole rings is 1. The van der Waals surface area contributed by atoms with E-state index < -0.39 is 0 Å². The zero-order valence-electron chi connectivity index (χ0n) is 10.3. The summed E-state index contributed by atoms with van der Waals surface area (Å²) in [6.07, 6.45) is 1.78. The topological polar surface area (TPSA) is 80.5 Å². The second kappa shape index (κ2) is 4.10. The largest absolute Gasteiger partial charge is 0.369 e. The maximum absolute atomic E-state index is 8.81. The van der Waals surface area contributed by atoms with Crippen LogP contribution in [0.2, 0.25) is 0 Å². The lowest BCUT2D eigenvalue weighted by Crippen LogP contribution is -2.01. The van der Waals surface area contributed by atoms with Gasteiger partial charge >= 0.3 is 0 Å². The Morgan fingerprint density at radius 1 is 1.26 bits per heavy atom. The minimum Gasteiger partial charge on any atom is -0.369 e. The van der Waals surface area contributed by atoms with Crippen LogP contribution < -0.4 is 5.73 Å². The number of benzene rings is 1. The molecule has 0 saturated carbocycles. The van der Waals surface area contributed by atoms with Gasteiger partial charge in [-0.1, -0.05) is 0 Å². The van der Waals surface area contributed by atoms with Crippen LogP contribution in [-0.4, -0.2) is 14.5 Å². The first-order chi connectivity index (χ1) is 9.19. The average Bonchev–Trinajstić information content (AvgIpc) is 2.74. The van der Waals surface area contributed by atoms with E-state index in [-0.39, 0.29) is 0 Å². The van der Waals surface area contributed by atoms with Crippen LogP contribution in [0.4, 0.5) is 5.95 Å². The van der Waals surface area contributed by atoms with Crippen molar-refractivity contribution in [3.8, 4) is 11.8 Å². The quantitative estimate of drug-likeness (QED) is 0.716. The fourth-order valence-corrected chi connectivity index (χ4v) is 2.02. The SMILES string of the molecule is Cc1cnc2c(c1)nc(N)n2-c1ccc(C#N)cc1. The molecule has 0 bridgehead atoms. The number of nitrogens with zero attached hydrogens (tertiary/aromatic N) is 4. The summed E-state index contributed by atoms with van der Waals surface area (Å²) in [4.78, 5) is 8.68. The predicted octanol–water partition coefficient (Wildman–Crippen LogP) is 2.18. The number of nitrogen functional groups attached to an aromatic ring is 1. The molecule has 1 aromatic carbocycles. The molecule has 0 atom stereocenters. The number of hydrogen-bond donors (Lipinski definition) is 1. The van der Waals surface area contributed by atoms with Gasteiger partial charge in [-0.15, -0.1) is 0 Å². The summed E-state index contributed by atoms with van der Waals surface area (Å²) in [5.74, 6) is 0.387. The molecule has 2 heterocycles. The number of aryl methyl sites for hydroxylation is 1. The first kappa shape index (κ1) is 11.2. The fraction of sp³-hybridized carbons (Fsp3) is 0.0714. The van der Waals surface area contributed by atoms with Crippen LogP contribution in [0.1, 0.15) is 11.1 Å². The molecule has 2 N–H and O–H groups in total. The van der Waals surface area contributed by atoms with Crippen LogP contribution in [0.25, 0.3) is 16.9 Å². The first-order valence-electron chi connectivity index (χ1n) is 5.80. The third-order valence-electron chi connectivity index (χ3n) is 2.91. The molecule has 0 aliphatic heterocycles. The Balaban J connectivity index is 2.24. The van der Waals surface area contributed by atoms with Crippen LogP contribution in [0, 0.1) is 18.3 Å². The second-order valence-corrected chi connectivity index (χ2v) is 4.32. The van der Waals surface area contributed by atoms with Crippen LogP contribution in [0.5, 0.6) is 0 Å². The van der Waals surface area contributed by atoms with Crippen molar-refractivity contribution in [2.75, 3.05) is 5.73 Å². The molecule has 0 fully saturated rings. The molecule has 0 unspecified atom stereocenters. The van der Waals surface area contributed by atoms with Gasteiger partial charge in [-0.05, 0) is 42.8 Å². The molecule has 0 aliphatic carbocycles. The third kappa shape index (κ3) is 1.79. The zero-order valence-corrected chi connectivity index (χ0v) is 10.3. The number of rotatable bonds is 1. The van der Waals surface area contributed by atoms with Crippen molar-refractivity contribution >= 4 is 17.1 Å². The lowest BCUT2D eigenvalue weighted by Gasteiger charge is -2.05. The minimum absolute atomic E-state index is 0.387. The summed E-state index contributed by atoms with van der Waals surface area (Å²) in [5.41, 5.74) is 9.92. The van der Waals surface area contributed by atoms with Crippen molar-refractivity contribution in [2.45, 2.75) is 6.92 Å². The Hall–Kier alpha value is -2.87. The lowest BCUT2D eigenvalue weighted by atomic mass is 10.2. The average molecular weight is 249 g/mol. The fourth-order valence-electron chi connectivity index (χ4n) is 2.02. The van der Waals surface area contributed by atoms with E-state index in [0.29, 0.717) is 17.2 Å². The normalized spacial score (nSPS) is 10.5. The number of fused-ring (bicyclic) bond motifs is 1. The standard InChI is InChI=1S/C14H11N5/c1-9-6-12-13(17-8-9)19(14(16)18-12)11-4-2-10(7-15)3-5-11/h2-6,8H,1H3,(H2,16,18). The molecular formula is C14H11N5. The number of aromatic nitrogens is 3. The van der Waals surface area contributed by atoms with Gasteiger partial charge in [-0.3, -0.25) is 4.57 Å². The van der Waals surface area contributed by atoms with Gasteiger partial charge in [0.25, 0.3) is 0 Å². The van der Waals surface area contributed by atoms with Crippen molar-refractivity contribution in [1.29, 1.82) is 5.26 Å². The van der Waals surface area contributed by atoms with Gasteiger partial charge in [0.05, 0.1) is 17.3 Å². The molecule has 0 spiro atoms. The van der Waals surface area contributed by atoms with Crippen molar-refractivity contribution in [1.82, 2.24) is 14.5 Å². The number of nitrogens with two attached hydrogens (primary N) is 1. The highest BCUT2D eigenvalue weighted by Gasteiger charge is 2.11. The molecule has 0 radical (unpaired) electrons. The van der Waals surface area contributed by atoms with Gasteiger partial charge in [0.1, 0.15) is 5.52 Å². The maximum Gasteiger partial charge on any atom is 0.207 e. The van der Waals surface area contributed by atoms with E-state index >= 15 is 0 Å². The molecule has 3 aromatic rings. The van der Waals surface area contributed by atoms with Crippen molar-refractivity contribution in [3.05, 3.63) is 47.7 Å². The molecule has 0 saturated heterocycles. The monoisotopic (exact) mass is 249 g/mol. The number of anilines is 1. The van der Waals surface area contributed by atoms with Gasteiger partial charge < -0.3 is 5.73 Å². The third-order valence-corrected chi connectivity index (χ3v) is 2.91. The lowest BCUT2D eigenvalue weighted by molar-refractivity contribution is 1.08. The van der Waals surface area contributed by atoms with Crippen LogP contribution in [0.3, 0.4) is 0 Å². The number of nitriles is 1. The Bertz CT molecular complexity index is 793. The Morgan fingerprint density at radius 3 is 2.68 bits per heavy atom. The molecule has 0 amide bonds. The summed E-state index contributed by atoms with van der Waals surface area (Å²) in [6, 6.07) is 11.2. The maximum atomic E-state index is 8.81. The predicted molar refractivity (Wildman–Crippen MR) is 72.7 cm³/mol. The van der Waals surface area contributed by atoms with Crippen LogP contribution in [-0.2, 0) is 0 Å². The smallest absolute Gasteiger partial charge is 0.207 e. The van der Waals surface area contributed by atoms with Crippen LogP contribution in [0.15, 0.2) is 36.5 Å². The van der Waals surface area contributed by atoms with Gasteiger partial charge in [0.15, 0.2) is 5.65 Å². The van der Waals surface area contributed by atoms with Gasteiger partial charge in [0.2, 0.25) is 5.95 Å². The number of pyridine rings is 1. The summed E-state index contributed by atoms with van der Waals surface area (Å²) >= 11 is 0.